The number of carbonyl (C=O) groups is 1. The number of fused-ring (bicyclic) bond motifs is 2. The van der Waals surface area contributed by atoms with Crippen LogP contribution in [0.4, 0.5) is 0 Å². The van der Waals surface area contributed by atoms with Crippen LogP contribution in [0.3, 0.4) is 0 Å². The normalized spacial score (nSPS) is 16.5. The number of benzene rings is 1. The number of rotatable bonds is 2. The Kier molecular flexibility index (Phi) is 3.13. The van der Waals surface area contributed by atoms with Gasteiger partial charge in [0.2, 0.25) is 0 Å². The SMILES string of the molecule is COc1ccc2oc(-c3nc4c([nH]3)CC(C)(C)CNC4=O)nc2c1. The Bertz CT molecular complexity index is 939. The number of hydrogen-bond donors (Lipinski definition) is 2. The minimum atomic E-state index is -0.171. The zero-order valence-corrected chi connectivity index (χ0v) is 13.8. The van der Waals surface area contributed by atoms with Gasteiger partial charge < -0.3 is 19.5 Å². The number of nitrogens with one attached hydrogen (secondary N) is 2. The van der Waals surface area contributed by atoms with E-state index in [0.29, 0.717) is 40.8 Å². The minimum absolute atomic E-state index is 0.0423. The number of hydrogen-bond acceptors (Lipinski definition) is 5. The molecule has 0 saturated carbocycles. The smallest absolute Gasteiger partial charge is 0.271 e. The Balaban J connectivity index is 1.78. The van der Waals surface area contributed by atoms with Crippen molar-refractivity contribution in [2.24, 2.45) is 5.41 Å². The molecule has 0 spiro atoms. The van der Waals surface area contributed by atoms with E-state index in [1.807, 2.05) is 6.07 Å². The number of ether oxygens (including phenoxy) is 1. The van der Waals surface area contributed by atoms with Crippen LogP contribution in [0.1, 0.15) is 30.0 Å². The second-order valence-electron chi connectivity index (χ2n) is 6.79. The average molecular weight is 326 g/mol. The largest absolute Gasteiger partial charge is 0.497 e. The fourth-order valence-electron chi connectivity index (χ4n) is 2.91. The molecule has 1 aliphatic heterocycles. The molecule has 1 aromatic carbocycles. The standard InChI is InChI=1S/C17H18N4O3/c1-17(2)7-11-13(15(22)18-8-17)21-14(19-11)16-20-10-6-9(23-3)4-5-12(10)24-16/h4-6H,7-8H2,1-3H3,(H,18,22)(H,19,21). The van der Waals surface area contributed by atoms with Gasteiger partial charge in [-0.05, 0) is 24.0 Å². The van der Waals surface area contributed by atoms with Gasteiger partial charge in [0, 0.05) is 18.3 Å². The first kappa shape index (κ1) is 14.7. The van der Waals surface area contributed by atoms with Gasteiger partial charge in [0.15, 0.2) is 11.4 Å². The molecule has 1 aliphatic rings. The van der Waals surface area contributed by atoms with Crippen molar-refractivity contribution in [2.75, 3.05) is 13.7 Å². The van der Waals surface area contributed by atoms with E-state index in [-0.39, 0.29) is 11.3 Å². The molecule has 0 bridgehead atoms. The van der Waals surface area contributed by atoms with Crippen molar-refractivity contribution >= 4 is 17.0 Å². The van der Waals surface area contributed by atoms with Crippen LogP contribution in [0.5, 0.6) is 5.75 Å². The third kappa shape index (κ3) is 2.42. The van der Waals surface area contributed by atoms with Gasteiger partial charge in [0.05, 0.1) is 7.11 Å². The molecule has 4 rings (SSSR count). The van der Waals surface area contributed by atoms with E-state index in [1.165, 1.54) is 0 Å². The summed E-state index contributed by atoms with van der Waals surface area (Å²) in [5.74, 6) is 1.36. The number of nitrogens with zero attached hydrogens (tertiary/aromatic N) is 2. The number of amides is 1. The number of aromatic amines is 1. The number of methoxy groups -OCH3 is 1. The van der Waals surface area contributed by atoms with Gasteiger partial charge in [-0.3, -0.25) is 4.79 Å². The van der Waals surface area contributed by atoms with Crippen molar-refractivity contribution in [1.29, 1.82) is 0 Å². The van der Waals surface area contributed by atoms with Crippen LogP contribution in [0.15, 0.2) is 22.6 Å². The van der Waals surface area contributed by atoms with Gasteiger partial charge in [-0.2, -0.15) is 0 Å². The highest BCUT2D eigenvalue weighted by molar-refractivity contribution is 5.94. The highest BCUT2D eigenvalue weighted by atomic mass is 16.5. The molecule has 24 heavy (non-hydrogen) atoms. The summed E-state index contributed by atoms with van der Waals surface area (Å²) in [5.41, 5.74) is 2.50. The Morgan fingerprint density at radius 1 is 1.29 bits per heavy atom. The molecular formula is C17H18N4O3. The average Bonchev–Trinajstić information content (AvgIpc) is 3.12. The first-order valence-corrected chi connectivity index (χ1v) is 7.77. The van der Waals surface area contributed by atoms with Crippen molar-refractivity contribution in [1.82, 2.24) is 20.3 Å². The third-order valence-corrected chi connectivity index (χ3v) is 4.17. The lowest BCUT2D eigenvalue weighted by Gasteiger charge is -2.21. The third-order valence-electron chi connectivity index (χ3n) is 4.17. The molecule has 0 aliphatic carbocycles. The highest BCUT2D eigenvalue weighted by Crippen LogP contribution is 2.29. The Morgan fingerprint density at radius 2 is 2.12 bits per heavy atom. The number of oxazole rings is 1. The van der Waals surface area contributed by atoms with Crippen molar-refractivity contribution in [2.45, 2.75) is 20.3 Å². The highest BCUT2D eigenvalue weighted by Gasteiger charge is 2.30. The van der Waals surface area contributed by atoms with Gasteiger partial charge in [0.25, 0.3) is 11.8 Å². The first-order valence-electron chi connectivity index (χ1n) is 7.77. The van der Waals surface area contributed by atoms with E-state index in [1.54, 1.807) is 19.2 Å². The molecule has 0 saturated heterocycles. The lowest BCUT2D eigenvalue weighted by molar-refractivity contribution is 0.0940. The lowest BCUT2D eigenvalue weighted by Crippen LogP contribution is -2.32. The summed E-state index contributed by atoms with van der Waals surface area (Å²) in [6.45, 7) is 4.83. The fourth-order valence-corrected chi connectivity index (χ4v) is 2.91. The van der Waals surface area contributed by atoms with Crippen LogP contribution in [0, 0.1) is 5.41 Å². The number of imidazole rings is 1. The fraction of sp³-hybridized carbons (Fsp3) is 0.353. The summed E-state index contributed by atoms with van der Waals surface area (Å²) in [4.78, 5) is 24.3. The van der Waals surface area contributed by atoms with E-state index in [9.17, 15) is 4.79 Å². The Labute approximate surface area is 138 Å². The summed E-state index contributed by atoms with van der Waals surface area (Å²) >= 11 is 0. The summed E-state index contributed by atoms with van der Waals surface area (Å²) in [5, 5.41) is 2.91. The lowest BCUT2D eigenvalue weighted by atomic mass is 9.88. The maximum Gasteiger partial charge on any atom is 0.271 e. The zero-order chi connectivity index (χ0) is 16.9. The number of H-pyrrole nitrogens is 1. The molecule has 7 heteroatoms. The second-order valence-corrected chi connectivity index (χ2v) is 6.79. The van der Waals surface area contributed by atoms with E-state index in [0.717, 1.165) is 12.1 Å². The molecule has 0 radical (unpaired) electrons. The molecule has 3 aromatic rings. The minimum Gasteiger partial charge on any atom is -0.497 e. The summed E-state index contributed by atoms with van der Waals surface area (Å²) in [6.07, 6.45) is 0.724. The van der Waals surface area contributed by atoms with E-state index < -0.39 is 0 Å². The van der Waals surface area contributed by atoms with Crippen molar-refractivity contribution < 1.29 is 13.9 Å². The van der Waals surface area contributed by atoms with Gasteiger partial charge in [-0.1, -0.05) is 13.8 Å². The van der Waals surface area contributed by atoms with Crippen molar-refractivity contribution in [3.8, 4) is 17.5 Å². The quantitative estimate of drug-likeness (QED) is 0.755. The summed E-state index contributed by atoms with van der Waals surface area (Å²) in [6, 6.07) is 5.41. The number of carbonyl (C=O) groups excluding carboxylic acids is 1. The monoisotopic (exact) mass is 326 g/mol. The molecule has 124 valence electrons. The van der Waals surface area contributed by atoms with Gasteiger partial charge in [0.1, 0.15) is 17.0 Å². The molecule has 1 amide bonds. The van der Waals surface area contributed by atoms with E-state index >= 15 is 0 Å². The molecular weight excluding hydrogens is 308 g/mol. The van der Waals surface area contributed by atoms with E-state index in [2.05, 4.69) is 34.1 Å². The van der Waals surface area contributed by atoms with Gasteiger partial charge in [-0.25, -0.2) is 9.97 Å². The van der Waals surface area contributed by atoms with Crippen molar-refractivity contribution in [3.63, 3.8) is 0 Å². The van der Waals surface area contributed by atoms with Crippen LogP contribution < -0.4 is 10.1 Å². The Hall–Kier alpha value is -2.83. The van der Waals surface area contributed by atoms with Crippen LogP contribution in [0.25, 0.3) is 22.8 Å². The molecule has 3 heterocycles. The summed E-state index contributed by atoms with van der Waals surface area (Å²) in [7, 11) is 1.60. The molecule has 2 N–H and O–H groups in total. The second kappa shape index (κ2) is 5.09. The zero-order valence-electron chi connectivity index (χ0n) is 13.8. The predicted octanol–water partition coefficient (Wildman–Crippen LogP) is 2.54. The Morgan fingerprint density at radius 3 is 2.92 bits per heavy atom. The van der Waals surface area contributed by atoms with Crippen molar-refractivity contribution in [3.05, 3.63) is 29.6 Å². The molecule has 0 atom stereocenters. The van der Waals surface area contributed by atoms with Crippen LogP contribution in [0.2, 0.25) is 0 Å². The maximum absolute atomic E-state index is 12.2. The molecule has 0 unspecified atom stereocenters. The molecule has 2 aromatic heterocycles. The van der Waals surface area contributed by atoms with Crippen LogP contribution in [-0.4, -0.2) is 34.5 Å². The first-order chi connectivity index (χ1) is 11.4. The topological polar surface area (TPSA) is 93.0 Å². The number of aromatic nitrogens is 3. The summed E-state index contributed by atoms with van der Waals surface area (Å²) < 4.78 is 11.0. The molecule has 0 fully saturated rings. The molecule has 7 nitrogen and oxygen atoms in total. The van der Waals surface area contributed by atoms with Crippen LogP contribution >= 0.6 is 0 Å². The predicted molar refractivity (Wildman–Crippen MR) is 88.0 cm³/mol. The van der Waals surface area contributed by atoms with Crippen LogP contribution in [-0.2, 0) is 6.42 Å². The van der Waals surface area contributed by atoms with Gasteiger partial charge >= 0.3 is 0 Å². The maximum atomic E-state index is 12.2. The van der Waals surface area contributed by atoms with Gasteiger partial charge in [-0.15, -0.1) is 0 Å². The van der Waals surface area contributed by atoms with E-state index in [4.69, 9.17) is 9.15 Å².